The number of carbonyl (C=O) groups is 1. The van der Waals surface area contributed by atoms with Crippen molar-refractivity contribution in [3.8, 4) is 0 Å². The highest BCUT2D eigenvalue weighted by Crippen LogP contribution is 2.39. The van der Waals surface area contributed by atoms with Crippen molar-refractivity contribution in [2.75, 3.05) is 6.16 Å². The highest BCUT2D eigenvalue weighted by atomic mass is 31.1. The van der Waals surface area contributed by atoms with Gasteiger partial charge in [-0.05, 0) is 42.3 Å². The molecular formula is C29H22F6NOP. The average Bonchev–Trinajstić information content (AvgIpc) is 2.91. The third-order valence-corrected chi connectivity index (χ3v) is 8.43. The second-order valence-corrected chi connectivity index (χ2v) is 10.8. The SMILES string of the molecule is O=C(N[C@@H](CP(c1ccccc1)c1ccccc1)c1ccccc1)c1cc(C(F)(F)F)cc(C(F)(F)F)c1. The van der Waals surface area contributed by atoms with E-state index in [-0.39, 0.29) is 6.07 Å². The van der Waals surface area contributed by atoms with Gasteiger partial charge in [0, 0.05) is 11.7 Å². The van der Waals surface area contributed by atoms with Crippen LogP contribution in [-0.2, 0) is 12.4 Å². The molecule has 1 atom stereocenters. The van der Waals surface area contributed by atoms with Gasteiger partial charge in [-0.1, -0.05) is 91.0 Å². The van der Waals surface area contributed by atoms with Crippen LogP contribution in [0.1, 0.15) is 33.1 Å². The number of hydrogen-bond donors (Lipinski definition) is 1. The molecule has 1 N–H and O–H groups in total. The normalized spacial score (nSPS) is 12.8. The van der Waals surface area contributed by atoms with Gasteiger partial charge in [0.15, 0.2) is 0 Å². The topological polar surface area (TPSA) is 29.1 Å². The zero-order valence-corrected chi connectivity index (χ0v) is 20.7. The van der Waals surface area contributed by atoms with Crippen molar-refractivity contribution in [1.29, 1.82) is 0 Å². The summed E-state index contributed by atoms with van der Waals surface area (Å²) in [6.45, 7) is 0. The molecule has 0 radical (unpaired) electrons. The van der Waals surface area contributed by atoms with Gasteiger partial charge in [0.2, 0.25) is 0 Å². The molecular weight excluding hydrogens is 523 g/mol. The number of benzene rings is 4. The zero-order chi connectivity index (χ0) is 27.3. The molecule has 0 aromatic heterocycles. The molecule has 0 heterocycles. The summed E-state index contributed by atoms with van der Waals surface area (Å²) in [5.74, 6) is -1.02. The molecule has 4 aromatic carbocycles. The van der Waals surface area contributed by atoms with E-state index in [4.69, 9.17) is 0 Å². The molecule has 0 aliphatic heterocycles. The van der Waals surface area contributed by atoms with Crippen LogP contribution in [0.3, 0.4) is 0 Å². The molecule has 0 aliphatic rings. The molecule has 38 heavy (non-hydrogen) atoms. The molecule has 0 unspecified atom stereocenters. The van der Waals surface area contributed by atoms with Gasteiger partial charge in [-0.3, -0.25) is 4.79 Å². The minimum atomic E-state index is -5.05. The second-order valence-electron chi connectivity index (χ2n) is 8.51. The van der Waals surface area contributed by atoms with Gasteiger partial charge in [0.05, 0.1) is 17.2 Å². The van der Waals surface area contributed by atoms with Gasteiger partial charge in [-0.25, -0.2) is 0 Å². The largest absolute Gasteiger partial charge is 0.416 e. The summed E-state index contributed by atoms with van der Waals surface area (Å²) in [4.78, 5) is 13.2. The molecule has 9 heteroatoms. The number of amides is 1. The maximum Gasteiger partial charge on any atom is 0.416 e. The molecule has 0 spiro atoms. The summed E-state index contributed by atoms with van der Waals surface area (Å²) in [5, 5.41) is 4.75. The summed E-state index contributed by atoms with van der Waals surface area (Å²) in [6.07, 6.45) is -9.72. The lowest BCUT2D eigenvalue weighted by atomic mass is 10.0. The van der Waals surface area contributed by atoms with Crippen LogP contribution < -0.4 is 15.9 Å². The van der Waals surface area contributed by atoms with Crippen molar-refractivity contribution in [2.24, 2.45) is 0 Å². The Hall–Kier alpha value is -3.64. The van der Waals surface area contributed by atoms with Crippen LogP contribution in [-0.4, -0.2) is 12.1 Å². The van der Waals surface area contributed by atoms with E-state index in [1.54, 1.807) is 30.3 Å². The highest BCUT2D eigenvalue weighted by molar-refractivity contribution is 7.73. The summed E-state index contributed by atoms with van der Waals surface area (Å²) in [6, 6.07) is 28.2. The minimum absolute atomic E-state index is 0.00945. The van der Waals surface area contributed by atoms with Crippen molar-refractivity contribution in [1.82, 2.24) is 5.32 Å². The van der Waals surface area contributed by atoms with E-state index in [1.165, 1.54) is 0 Å². The first kappa shape index (κ1) is 27.4. The average molecular weight is 545 g/mol. The Morgan fingerprint density at radius 2 is 1.08 bits per heavy atom. The quantitative estimate of drug-likeness (QED) is 0.191. The van der Waals surface area contributed by atoms with Gasteiger partial charge in [-0.2, -0.15) is 26.3 Å². The number of halogens is 6. The number of hydrogen-bond acceptors (Lipinski definition) is 1. The fraction of sp³-hybridized carbons (Fsp3) is 0.138. The van der Waals surface area contributed by atoms with Gasteiger partial charge < -0.3 is 5.32 Å². The Morgan fingerprint density at radius 3 is 1.50 bits per heavy atom. The van der Waals surface area contributed by atoms with E-state index >= 15 is 0 Å². The number of nitrogens with one attached hydrogen (secondary N) is 1. The van der Waals surface area contributed by atoms with Crippen molar-refractivity contribution >= 4 is 24.4 Å². The van der Waals surface area contributed by atoms with Crippen LogP contribution in [0, 0.1) is 0 Å². The molecule has 0 bridgehead atoms. The predicted octanol–water partition coefficient (Wildman–Crippen LogP) is 7.33. The van der Waals surface area contributed by atoms with Crippen LogP contribution >= 0.6 is 7.92 Å². The van der Waals surface area contributed by atoms with Crippen LogP contribution in [0.25, 0.3) is 0 Å². The first-order valence-electron chi connectivity index (χ1n) is 11.6. The lowest BCUT2D eigenvalue weighted by Crippen LogP contribution is -2.32. The van der Waals surface area contributed by atoms with E-state index in [0.717, 1.165) is 10.6 Å². The Balaban J connectivity index is 1.73. The third kappa shape index (κ3) is 6.81. The fourth-order valence-corrected chi connectivity index (χ4v) is 6.46. The lowest BCUT2D eigenvalue weighted by Gasteiger charge is -2.26. The van der Waals surface area contributed by atoms with Crippen molar-refractivity contribution < 1.29 is 31.1 Å². The Kier molecular flexibility index (Phi) is 8.22. The number of alkyl halides is 6. The van der Waals surface area contributed by atoms with Crippen LogP contribution in [0.5, 0.6) is 0 Å². The molecule has 1 amide bonds. The molecule has 2 nitrogen and oxygen atoms in total. The third-order valence-electron chi connectivity index (χ3n) is 5.86. The number of rotatable bonds is 7. The van der Waals surface area contributed by atoms with E-state index in [0.29, 0.717) is 23.9 Å². The zero-order valence-electron chi connectivity index (χ0n) is 19.8. The predicted molar refractivity (Wildman–Crippen MR) is 137 cm³/mol. The molecule has 4 rings (SSSR count). The summed E-state index contributed by atoms with van der Waals surface area (Å²) < 4.78 is 80.3. The summed E-state index contributed by atoms with van der Waals surface area (Å²) in [7, 11) is -1.04. The summed E-state index contributed by atoms with van der Waals surface area (Å²) in [5.41, 5.74) is -3.10. The Labute approximate surface area is 217 Å². The summed E-state index contributed by atoms with van der Waals surface area (Å²) >= 11 is 0. The van der Waals surface area contributed by atoms with Gasteiger partial charge in [-0.15, -0.1) is 0 Å². The smallest absolute Gasteiger partial charge is 0.345 e. The molecule has 0 aliphatic carbocycles. The van der Waals surface area contributed by atoms with Crippen molar-refractivity contribution in [3.63, 3.8) is 0 Å². The van der Waals surface area contributed by atoms with E-state index in [2.05, 4.69) is 5.32 Å². The molecule has 4 aromatic rings. The molecule has 0 saturated heterocycles. The maximum absolute atomic E-state index is 13.4. The fourth-order valence-electron chi connectivity index (χ4n) is 4.01. The number of carbonyl (C=O) groups excluding carboxylic acids is 1. The molecule has 0 fully saturated rings. The van der Waals surface area contributed by atoms with Crippen LogP contribution in [0.2, 0.25) is 0 Å². The van der Waals surface area contributed by atoms with Gasteiger partial charge in [0.1, 0.15) is 0 Å². The maximum atomic E-state index is 13.4. The van der Waals surface area contributed by atoms with Crippen LogP contribution in [0.4, 0.5) is 26.3 Å². The monoisotopic (exact) mass is 545 g/mol. The first-order valence-corrected chi connectivity index (χ1v) is 13.1. The standard InChI is InChI=1S/C29H22F6NOP/c30-28(31,32)22-16-21(17-23(18-22)29(33,34)35)27(37)36-26(20-10-4-1-5-11-20)19-38(24-12-6-2-7-13-24)25-14-8-3-9-15-25/h1-18,26H,19H2,(H,36,37)/t26-/m0/s1. The van der Waals surface area contributed by atoms with Crippen molar-refractivity contribution in [3.05, 3.63) is 131 Å². The Bertz CT molecular complexity index is 1290. The molecule has 0 saturated carbocycles. The Morgan fingerprint density at radius 1 is 0.658 bits per heavy atom. The van der Waals surface area contributed by atoms with E-state index in [9.17, 15) is 31.1 Å². The van der Waals surface area contributed by atoms with Crippen molar-refractivity contribution in [2.45, 2.75) is 18.4 Å². The second kappa shape index (κ2) is 11.4. The minimum Gasteiger partial charge on any atom is -0.345 e. The highest BCUT2D eigenvalue weighted by Gasteiger charge is 2.37. The van der Waals surface area contributed by atoms with Gasteiger partial charge >= 0.3 is 12.4 Å². The molecule has 196 valence electrons. The first-order chi connectivity index (χ1) is 18.0. The van der Waals surface area contributed by atoms with Crippen LogP contribution in [0.15, 0.2) is 109 Å². The van der Waals surface area contributed by atoms with E-state index in [1.807, 2.05) is 60.7 Å². The van der Waals surface area contributed by atoms with Gasteiger partial charge in [0.25, 0.3) is 5.91 Å². The lowest BCUT2D eigenvalue weighted by molar-refractivity contribution is -0.143. The van der Waals surface area contributed by atoms with E-state index < -0.39 is 48.9 Å².